The van der Waals surface area contributed by atoms with E-state index in [1.54, 1.807) is 11.3 Å². The molecule has 5 heteroatoms. The number of carbonyl (C=O) groups is 1. The molecule has 4 rings (SSSR count). The van der Waals surface area contributed by atoms with Gasteiger partial charge in [0.2, 0.25) is 0 Å². The number of hydrogen-bond acceptors (Lipinski definition) is 3. The number of nitrogens with one attached hydrogen (secondary N) is 1. The van der Waals surface area contributed by atoms with Gasteiger partial charge in [0.15, 0.2) is 0 Å². The van der Waals surface area contributed by atoms with Gasteiger partial charge in [-0.05, 0) is 61.3 Å². The summed E-state index contributed by atoms with van der Waals surface area (Å²) in [6, 6.07) is 7.95. The monoisotopic (exact) mass is 428 g/mol. The van der Waals surface area contributed by atoms with Gasteiger partial charge in [0.25, 0.3) is 5.91 Å². The Morgan fingerprint density at radius 3 is 2.69 bits per heavy atom. The van der Waals surface area contributed by atoms with Crippen LogP contribution in [-0.4, -0.2) is 18.2 Å². The number of aliphatic imine (C=N–C) groups is 1. The number of hydrogen-bond donors (Lipinski definition) is 1. The fourth-order valence-electron chi connectivity index (χ4n) is 4.50. The summed E-state index contributed by atoms with van der Waals surface area (Å²) in [5.41, 5.74) is 3.07. The average molecular weight is 429 g/mol. The standard InChI is InChI=1S/C24H29ClN2OS/c1-2-16-10-13-20-21(14-16)29-24(26-15-17-8-11-18(25)12-9-17)22(20)23(28)27-19-6-4-3-5-7-19/h8-9,11-12,15-16,19H,2-7,10,13-14H2,1H3,(H,27,28). The average Bonchev–Trinajstić information content (AvgIpc) is 3.11. The third-order valence-corrected chi connectivity index (χ3v) is 7.71. The normalized spacial score (nSPS) is 20.0. The van der Waals surface area contributed by atoms with Crippen molar-refractivity contribution in [3.8, 4) is 0 Å². The van der Waals surface area contributed by atoms with Gasteiger partial charge >= 0.3 is 0 Å². The zero-order valence-corrected chi connectivity index (χ0v) is 18.6. The SMILES string of the molecule is CCC1CCc2c(sc(N=Cc3ccc(Cl)cc3)c2C(=O)NC2CCCCC2)C1. The third-order valence-electron chi connectivity index (χ3n) is 6.29. The van der Waals surface area contributed by atoms with Crippen molar-refractivity contribution in [2.24, 2.45) is 10.9 Å². The Hall–Kier alpha value is -1.65. The number of amides is 1. The van der Waals surface area contributed by atoms with Gasteiger partial charge in [-0.2, -0.15) is 0 Å². The van der Waals surface area contributed by atoms with Gasteiger partial charge < -0.3 is 5.32 Å². The summed E-state index contributed by atoms with van der Waals surface area (Å²) in [5.74, 6) is 0.802. The van der Waals surface area contributed by atoms with Crippen LogP contribution in [0.25, 0.3) is 0 Å². The van der Waals surface area contributed by atoms with E-state index in [1.807, 2.05) is 30.5 Å². The highest BCUT2D eigenvalue weighted by Crippen LogP contribution is 2.42. The molecule has 0 bridgehead atoms. The van der Waals surface area contributed by atoms with Crippen LogP contribution in [0, 0.1) is 5.92 Å². The van der Waals surface area contributed by atoms with E-state index in [4.69, 9.17) is 16.6 Å². The number of rotatable bonds is 5. The Morgan fingerprint density at radius 2 is 1.97 bits per heavy atom. The number of benzene rings is 1. The topological polar surface area (TPSA) is 41.5 Å². The van der Waals surface area contributed by atoms with E-state index in [0.717, 1.165) is 47.7 Å². The molecule has 1 heterocycles. The summed E-state index contributed by atoms with van der Waals surface area (Å²) in [6.07, 6.45) is 12.2. The maximum absolute atomic E-state index is 13.3. The second kappa shape index (κ2) is 9.44. The first-order valence-electron chi connectivity index (χ1n) is 10.9. The Balaban J connectivity index is 1.62. The molecule has 1 saturated carbocycles. The quantitative estimate of drug-likeness (QED) is 0.527. The van der Waals surface area contributed by atoms with Crippen LogP contribution in [0.15, 0.2) is 29.3 Å². The first-order valence-corrected chi connectivity index (χ1v) is 12.1. The molecule has 1 aromatic heterocycles. The zero-order valence-electron chi connectivity index (χ0n) is 17.0. The van der Waals surface area contributed by atoms with Gasteiger partial charge in [0.05, 0.1) is 5.56 Å². The second-order valence-electron chi connectivity index (χ2n) is 8.32. The van der Waals surface area contributed by atoms with Crippen LogP contribution >= 0.6 is 22.9 Å². The largest absolute Gasteiger partial charge is 0.349 e. The van der Waals surface area contributed by atoms with E-state index in [-0.39, 0.29) is 5.91 Å². The molecule has 3 nitrogen and oxygen atoms in total. The molecular weight excluding hydrogens is 400 g/mol. The minimum Gasteiger partial charge on any atom is -0.349 e. The predicted molar refractivity (Wildman–Crippen MR) is 123 cm³/mol. The third kappa shape index (κ3) is 4.92. The molecule has 1 fully saturated rings. The van der Waals surface area contributed by atoms with Crippen molar-refractivity contribution < 1.29 is 4.79 Å². The highest BCUT2D eigenvalue weighted by molar-refractivity contribution is 7.16. The van der Waals surface area contributed by atoms with Gasteiger partial charge in [0.1, 0.15) is 5.00 Å². The lowest BCUT2D eigenvalue weighted by molar-refractivity contribution is 0.0927. The minimum absolute atomic E-state index is 0.0765. The van der Waals surface area contributed by atoms with Crippen molar-refractivity contribution in [2.75, 3.05) is 0 Å². The smallest absolute Gasteiger partial charge is 0.254 e. The summed E-state index contributed by atoms with van der Waals surface area (Å²) in [6.45, 7) is 2.26. The molecule has 1 atom stereocenters. The number of carbonyl (C=O) groups excluding carboxylic acids is 1. The van der Waals surface area contributed by atoms with Crippen LogP contribution in [0.3, 0.4) is 0 Å². The number of nitrogens with zero attached hydrogens (tertiary/aromatic N) is 1. The molecule has 1 aromatic carbocycles. The Kier molecular flexibility index (Phi) is 6.71. The van der Waals surface area contributed by atoms with Gasteiger partial charge in [0, 0.05) is 22.2 Å². The zero-order chi connectivity index (χ0) is 20.2. The lowest BCUT2D eigenvalue weighted by Gasteiger charge is -2.24. The molecule has 0 aliphatic heterocycles. The second-order valence-corrected chi connectivity index (χ2v) is 9.84. The van der Waals surface area contributed by atoms with Crippen LogP contribution < -0.4 is 5.32 Å². The summed E-state index contributed by atoms with van der Waals surface area (Å²) in [5, 5.41) is 4.89. The van der Waals surface area contributed by atoms with Crippen molar-refractivity contribution in [2.45, 2.75) is 70.8 Å². The van der Waals surface area contributed by atoms with E-state index >= 15 is 0 Å². The first-order chi connectivity index (χ1) is 14.1. The number of thiophene rings is 1. The molecule has 2 aliphatic rings. The van der Waals surface area contributed by atoms with E-state index in [0.29, 0.717) is 11.1 Å². The van der Waals surface area contributed by atoms with Crippen molar-refractivity contribution in [1.29, 1.82) is 0 Å². The molecule has 0 saturated heterocycles. The Bertz CT molecular complexity index is 881. The van der Waals surface area contributed by atoms with Gasteiger partial charge in [-0.1, -0.05) is 56.3 Å². The molecule has 2 aliphatic carbocycles. The maximum atomic E-state index is 13.3. The highest BCUT2D eigenvalue weighted by Gasteiger charge is 2.29. The molecule has 1 N–H and O–H groups in total. The molecule has 1 unspecified atom stereocenters. The fourth-order valence-corrected chi connectivity index (χ4v) is 5.93. The van der Waals surface area contributed by atoms with Crippen LogP contribution in [0.4, 0.5) is 5.00 Å². The maximum Gasteiger partial charge on any atom is 0.254 e. The number of fused-ring (bicyclic) bond motifs is 1. The van der Waals surface area contributed by atoms with E-state index in [2.05, 4.69) is 12.2 Å². The molecule has 0 radical (unpaired) electrons. The van der Waals surface area contributed by atoms with Crippen molar-refractivity contribution in [3.05, 3.63) is 50.9 Å². The van der Waals surface area contributed by atoms with Crippen LogP contribution in [0.2, 0.25) is 5.02 Å². The van der Waals surface area contributed by atoms with E-state index < -0.39 is 0 Å². The summed E-state index contributed by atoms with van der Waals surface area (Å²) in [4.78, 5) is 19.4. The van der Waals surface area contributed by atoms with Crippen LogP contribution in [0.5, 0.6) is 0 Å². The van der Waals surface area contributed by atoms with Crippen molar-refractivity contribution in [3.63, 3.8) is 0 Å². The molecule has 0 spiro atoms. The predicted octanol–water partition coefficient (Wildman–Crippen LogP) is 6.73. The molecule has 2 aromatic rings. The lowest BCUT2D eigenvalue weighted by Crippen LogP contribution is -2.36. The summed E-state index contributed by atoms with van der Waals surface area (Å²) in [7, 11) is 0. The molecular formula is C24H29ClN2OS. The van der Waals surface area contributed by atoms with Crippen LogP contribution in [0.1, 0.15) is 78.2 Å². The summed E-state index contributed by atoms with van der Waals surface area (Å²) >= 11 is 7.70. The Morgan fingerprint density at radius 1 is 1.21 bits per heavy atom. The summed E-state index contributed by atoms with van der Waals surface area (Å²) < 4.78 is 0. The van der Waals surface area contributed by atoms with Crippen molar-refractivity contribution >= 4 is 40.1 Å². The van der Waals surface area contributed by atoms with Gasteiger partial charge in [-0.3, -0.25) is 4.79 Å². The van der Waals surface area contributed by atoms with Crippen molar-refractivity contribution in [1.82, 2.24) is 5.32 Å². The molecule has 29 heavy (non-hydrogen) atoms. The first kappa shape index (κ1) is 20.6. The Labute approximate surface area is 182 Å². The number of halogens is 1. The van der Waals surface area contributed by atoms with E-state index in [1.165, 1.54) is 42.5 Å². The van der Waals surface area contributed by atoms with Gasteiger partial charge in [-0.25, -0.2) is 4.99 Å². The fraction of sp³-hybridized carbons (Fsp3) is 0.500. The minimum atomic E-state index is 0.0765. The van der Waals surface area contributed by atoms with Crippen LogP contribution in [-0.2, 0) is 12.8 Å². The lowest BCUT2D eigenvalue weighted by atomic mass is 9.85. The van der Waals surface area contributed by atoms with E-state index in [9.17, 15) is 4.79 Å². The molecule has 1 amide bonds. The van der Waals surface area contributed by atoms with Gasteiger partial charge in [-0.15, -0.1) is 11.3 Å². The molecule has 154 valence electrons. The highest BCUT2D eigenvalue weighted by atomic mass is 35.5.